The molecule has 0 aliphatic rings. The number of hydrogen-bond donors (Lipinski definition) is 1. The highest BCUT2D eigenvalue weighted by atomic mass is 16.6. The highest BCUT2D eigenvalue weighted by Crippen LogP contribution is 2.16. The van der Waals surface area contributed by atoms with E-state index < -0.39 is 5.60 Å². The monoisotopic (exact) mass is 296 g/mol. The van der Waals surface area contributed by atoms with Crippen LogP contribution >= 0.6 is 0 Å². The van der Waals surface area contributed by atoms with Gasteiger partial charge < -0.3 is 19.4 Å². The molecular formula is C16H28N2O3. The summed E-state index contributed by atoms with van der Waals surface area (Å²) >= 11 is 0. The minimum atomic E-state index is -0.448. The standard InChI is InChI=1S/C16H28N2O3/c1-6-13(14-9-7-12-20-14)17-10-8-11-18(5)15(19)21-16(2,3)4/h7,9,12-13,17H,6,8,10-11H2,1-5H3. The molecule has 0 saturated heterocycles. The topological polar surface area (TPSA) is 54.7 Å². The van der Waals surface area contributed by atoms with Gasteiger partial charge in [0.2, 0.25) is 0 Å². The summed E-state index contributed by atoms with van der Waals surface area (Å²) in [6, 6.07) is 4.11. The zero-order valence-electron chi connectivity index (χ0n) is 13.8. The van der Waals surface area contributed by atoms with E-state index in [4.69, 9.17) is 9.15 Å². The quantitative estimate of drug-likeness (QED) is 0.781. The van der Waals surface area contributed by atoms with Crippen molar-refractivity contribution in [1.82, 2.24) is 10.2 Å². The van der Waals surface area contributed by atoms with Crippen LogP contribution in [0.4, 0.5) is 4.79 Å². The number of nitrogens with zero attached hydrogens (tertiary/aromatic N) is 1. The Balaban J connectivity index is 2.25. The van der Waals surface area contributed by atoms with Gasteiger partial charge in [-0.1, -0.05) is 6.92 Å². The lowest BCUT2D eigenvalue weighted by molar-refractivity contribution is 0.0297. The minimum Gasteiger partial charge on any atom is -0.468 e. The van der Waals surface area contributed by atoms with Gasteiger partial charge in [0, 0.05) is 13.6 Å². The summed E-state index contributed by atoms with van der Waals surface area (Å²) in [6.45, 7) is 9.22. The van der Waals surface area contributed by atoms with Crippen LogP contribution in [-0.4, -0.2) is 36.7 Å². The molecular weight excluding hydrogens is 268 g/mol. The zero-order chi connectivity index (χ0) is 15.9. The molecule has 0 fully saturated rings. The fourth-order valence-electron chi connectivity index (χ4n) is 1.96. The van der Waals surface area contributed by atoms with Gasteiger partial charge in [0.25, 0.3) is 0 Å². The van der Waals surface area contributed by atoms with Crippen LogP contribution < -0.4 is 5.32 Å². The molecule has 0 saturated carbocycles. The van der Waals surface area contributed by atoms with E-state index in [-0.39, 0.29) is 12.1 Å². The molecule has 1 aromatic heterocycles. The van der Waals surface area contributed by atoms with Gasteiger partial charge in [0.1, 0.15) is 11.4 Å². The molecule has 120 valence electrons. The van der Waals surface area contributed by atoms with E-state index >= 15 is 0 Å². The number of carbonyl (C=O) groups is 1. The lowest BCUT2D eigenvalue weighted by Gasteiger charge is -2.24. The van der Waals surface area contributed by atoms with Crippen molar-refractivity contribution in [3.05, 3.63) is 24.2 Å². The fraction of sp³-hybridized carbons (Fsp3) is 0.688. The highest BCUT2D eigenvalue weighted by molar-refractivity contribution is 5.67. The van der Waals surface area contributed by atoms with Crippen molar-refractivity contribution < 1.29 is 13.9 Å². The maximum absolute atomic E-state index is 11.8. The maximum atomic E-state index is 11.8. The van der Waals surface area contributed by atoms with Crippen molar-refractivity contribution in [3.63, 3.8) is 0 Å². The van der Waals surface area contributed by atoms with Gasteiger partial charge in [0.15, 0.2) is 0 Å². The summed E-state index contributed by atoms with van der Waals surface area (Å²) in [5, 5.41) is 3.44. The van der Waals surface area contributed by atoms with Crippen LogP contribution in [0.25, 0.3) is 0 Å². The SMILES string of the molecule is CCC(NCCCN(C)C(=O)OC(C)(C)C)c1ccco1. The first-order chi connectivity index (χ1) is 9.83. The Bertz CT molecular complexity index is 410. The third kappa shape index (κ3) is 6.67. The Labute approximate surface area is 127 Å². The van der Waals surface area contributed by atoms with Crippen LogP contribution in [0, 0.1) is 0 Å². The first kappa shape index (κ1) is 17.6. The second-order valence-corrected chi connectivity index (χ2v) is 6.19. The van der Waals surface area contributed by atoms with Gasteiger partial charge in [-0.15, -0.1) is 0 Å². The van der Waals surface area contributed by atoms with Gasteiger partial charge in [-0.25, -0.2) is 4.79 Å². The number of rotatable bonds is 7. The molecule has 5 nitrogen and oxygen atoms in total. The first-order valence-electron chi connectivity index (χ1n) is 7.54. The molecule has 1 atom stereocenters. The van der Waals surface area contributed by atoms with E-state index in [1.165, 1.54) is 0 Å². The Morgan fingerprint density at radius 1 is 1.48 bits per heavy atom. The number of furan rings is 1. The predicted octanol–water partition coefficient (Wildman–Crippen LogP) is 3.58. The number of amides is 1. The number of carbonyl (C=O) groups excluding carboxylic acids is 1. The van der Waals surface area contributed by atoms with E-state index in [9.17, 15) is 4.79 Å². The van der Waals surface area contributed by atoms with Crippen molar-refractivity contribution in [2.75, 3.05) is 20.1 Å². The molecule has 1 amide bonds. The van der Waals surface area contributed by atoms with Gasteiger partial charge in [-0.05, 0) is 52.3 Å². The molecule has 5 heteroatoms. The van der Waals surface area contributed by atoms with Crippen LogP contribution in [0.2, 0.25) is 0 Å². The first-order valence-corrected chi connectivity index (χ1v) is 7.54. The number of ether oxygens (including phenoxy) is 1. The van der Waals surface area contributed by atoms with Gasteiger partial charge in [-0.3, -0.25) is 0 Å². The zero-order valence-corrected chi connectivity index (χ0v) is 13.8. The summed E-state index contributed by atoms with van der Waals surface area (Å²) in [6.07, 6.45) is 3.25. The molecule has 1 aromatic rings. The number of hydrogen-bond acceptors (Lipinski definition) is 4. The average Bonchev–Trinajstić information content (AvgIpc) is 2.90. The van der Waals surface area contributed by atoms with Gasteiger partial charge in [-0.2, -0.15) is 0 Å². The van der Waals surface area contributed by atoms with Crippen LogP contribution in [0.3, 0.4) is 0 Å². The van der Waals surface area contributed by atoms with Crippen LogP contribution in [0.5, 0.6) is 0 Å². The van der Waals surface area contributed by atoms with Gasteiger partial charge in [0.05, 0.1) is 12.3 Å². The summed E-state index contributed by atoms with van der Waals surface area (Å²) < 4.78 is 10.7. The molecule has 1 unspecified atom stereocenters. The van der Waals surface area contributed by atoms with Crippen molar-refractivity contribution in [2.24, 2.45) is 0 Å². The molecule has 21 heavy (non-hydrogen) atoms. The fourth-order valence-corrected chi connectivity index (χ4v) is 1.96. The predicted molar refractivity (Wildman–Crippen MR) is 83.2 cm³/mol. The maximum Gasteiger partial charge on any atom is 0.410 e. The van der Waals surface area contributed by atoms with Crippen LogP contribution in [0.1, 0.15) is 52.3 Å². The lowest BCUT2D eigenvalue weighted by Crippen LogP contribution is -2.35. The molecule has 0 radical (unpaired) electrons. The highest BCUT2D eigenvalue weighted by Gasteiger charge is 2.19. The Morgan fingerprint density at radius 2 is 2.19 bits per heavy atom. The second-order valence-electron chi connectivity index (χ2n) is 6.19. The van der Waals surface area contributed by atoms with E-state index in [2.05, 4.69) is 12.2 Å². The second kappa shape index (κ2) is 8.08. The smallest absolute Gasteiger partial charge is 0.410 e. The number of nitrogens with one attached hydrogen (secondary N) is 1. The van der Waals surface area contributed by atoms with Gasteiger partial charge >= 0.3 is 6.09 Å². The molecule has 1 heterocycles. The summed E-state index contributed by atoms with van der Waals surface area (Å²) in [4.78, 5) is 13.4. The largest absolute Gasteiger partial charge is 0.468 e. The van der Waals surface area contributed by atoms with Crippen molar-refractivity contribution in [3.8, 4) is 0 Å². The normalized spacial score (nSPS) is 13.0. The van der Waals surface area contributed by atoms with Crippen molar-refractivity contribution in [1.29, 1.82) is 0 Å². The van der Waals surface area contributed by atoms with E-state index in [1.807, 2.05) is 32.9 Å². The average molecular weight is 296 g/mol. The minimum absolute atomic E-state index is 0.229. The Hall–Kier alpha value is -1.49. The Morgan fingerprint density at radius 3 is 2.71 bits per heavy atom. The molecule has 0 aliphatic heterocycles. The molecule has 0 aromatic carbocycles. The molecule has 1 rings (SSSR count). The third-order valence-corrected chi connectivity index (χ3v) is 3.06. The molecule has 0 aliphatic carbocycles. The van der Waals surface area contributed by atoms with E-state index in [0.717, 1.165) is 25.1 Å². The van der Waals surface area contributed by atoms with E-state index in [1.54, 1.807) is 18.2 Å². The lowest BCUT2D eigenvalue weighted by atomic mass is 10.1. The van der Waals surface area contributed by atoms with E-state index in [0.29, 0.717) is 6.54 Å². The van der Waals surface area contributed by atoms with Crippen LogP contribution in [0.15, 0.2) is 22.8 Å². The summed E-state index contributed by atoms with van der Waals surface area (Å²) in [7, 11) is 1.76. The Kier molecular flexibility index (Phi) is 6.75. The third-order valence-electron chi connectivity index (χ3n) is 3.06. The van der Waals surface area contributed by atoms with Crippen LogP contribution in [-0.2, 0) is 4.74 Å². The summed E-state index contributed by atoms with van der Waals surface area (Å²) in [5.74, 6) is 0.956. The summed E-state index contributed by atoms with van der Waals surface area (Å²) in [5.41, 5.74) is -0.448. The molecule has 0 bridgehead atoms. The van der Waals surface area contributed by atoms with Crippen molar-refractivity contribution >= 4 is 6.09 Å². The molecule has 1 N–H and O–H groups in total. The van der Waals surface area contributed by atoms with Crippen molar-refractivity contribution in [2.45, 2.75) is 52.2 Å². The molecule has 0 spiro atoms.